The molecule has 0 N–H and O–H groups in total. The average molecular weight is 805 g/mol. The summed E-state index contributed by atoms with van der Waals surface area (Å²) in [7, 11) is 0. The number of rotatable bonds is 42. The monoisotopic (exact) mass is 805 g/mol. The Hall–Kier alpha value is -3.18. The summed E-state index contributed by atoms with van der Waals surface area (Å²) in [6.07, 6.45) is 64.2. The van der Waals surface area contributed by atoms with Crippen LogP contribution in [0.4, 0.5) is 0 Å². The number of carbonyl (C=O) groups is 2. The molecule has 0 spiro atoms. The molecule has 0 fully saturated rings. The van der Waals surface area contributed by atoms with E-state index >= 15 is 0 Å². The van der Waals surface area contributed by atoms with Crippen LogP contribution in [0.5, 0.6) is 0 Å². The van der Waals surface area contributed by atoms with Crippen LogP contribution >= 0.6 is 0 Å². The number of allylic oxidation sites excluding steroid dienone is 16. The van der Waals surface area contributed by atoms with Crippen molar-refractivity contribution < 1.29 is 23.8 Å². The molecule has 0 heterocycles. The highest BCUT2D eigenvalue weighted by Gasteiger charge is 2.17. The minimum absolute atomic E-state index is 0.0602. The zero-order valence-electron chi connectivity index (χ0n) is 37.8. The summed E-state index contributed by atoms with van der Waals surface area (Å²) in [5, 5.41) is 0. The maximum absolute atomic E-state index is 12.6. The van der Waals surface area contributed by atoms with Crippen LogP contribution in [-0.4, -0.2) is 37.9 Å². The Bertz CT molecular complexity index is 1140. The summed E-state index contributed by atoms with van der Waals surface area (Å²) in [6, 6.07) is 0. The summed E-state index contributed by atoms with van der Waals surface area (Å²) in [5.74, 6) is -0.447. The molecule has 0 aliphatic heterocycles. The molecule has 0 aromatic rings. The van der Waals surface area contributed by atoms with E-state index in [9.17, 15) is 9.59 Å². The lowest BCUT2D eigenvalue weighted by atomic mass is 10.1. The van der Waals surface area contributed by atoms with Crippen molar-refractivity contribution >= 4 is 11.9 Å². The largest absolute Gasteiger partial charge is 0.462 e. The lowest BCUT2D eigenvalue weighted by Gasteiger charge is -2.18. The molecule has 0 aromatic carbocycles. The first-order chi connectivity index (χ1) is 28.6. The van der Waals surface area contributed by atoms with E-state index in [0.717, 1.165) is 122 Å². The number of unbranched alkanes of at least 4 members (excludes halogenated alkanes) is 15. The number of carbonyl (C=O) groups excluding carboxylic acids is 2. The SMILES string of the molecule is CC/C=C\C/C=C\C/C=C\C/C=C\CCCCCCCOCC(COC(=O)CCCCCC/C=C\C/C=C\C/C=C\C/C=C\CC)OC(=O)CCCCCCCCC. The van der Waals surface area contributed by atoms with Gasteiger partial charge in [-0.2, -0.15) is 0 Å². The highest BCUT2D eigenvalue weighted by molar-refractivity contribution is 5.70. The van der Waals surface area contributed by atoms with Gasteiger partial charge in [-0.1, -0.05) is 189 Å². The minimum Gasteiger partial charge on any atom is -0.462 e. The van der Waals surface area contributed by atoms with Crippen LogP contribution in [0, 0.1) is 0 Å². The molecule has 0 bridgehead atoms. The van der Waals surface area contributed by atoms with Gasteiger partial charge < -0.3 is 14.2 Å². The van der Waals surface area contributed by atoms with Gasteiger partial charge in [-0.25, -0.2) is 0 Å². The van der Waals surface area contributed by atoms with Crippen molar-refractivity contribution in [3.8, 4) is 0 Å². The van der Waals surface area contributed by atoms with E-state index in [1.165, 1.54) is 44.9 Å². The van der Waals surface area contributed by atoms with Crippen LogP contribution in [-0.2, 0) is 23.8 Å². The molecule has 0 amide bonds. The molecule has 0 aliphatic rings. The normalized spacial score (nSPS) is 13.1. The quantitative estimate of drug-likeness (QED) is 0.0349. The van der Waals surface area contributed by atoms with E-state index < -0.39 is 6.10 Å². The molecule has 0 saturated carbocycles. The van der Waals surface area contributed by atoms with Gasteiger partial charge in [0, 0.05) is 19.4 Å². The lowest BCUT2D eigenvalue weighted by molar-refractivity contribution is -0.163. The maximum atomic E-state index is 12.6. The molecule has 0 aliphatic carbocycles. The predicted molar refractivity (Wildman–Crippen MR) is 251 cm³/mol. The molecule has 5 nitrogen and oxygen atoms in total. The fourth-order valence-corrected chi connectivity index (χ4v) is 6.14. The molecule has 0 radical (unpaired) electrons. The molecule has 5 heteroatoms. The Kier molecular flexibility index (Phi) is 45.5. The lowest BCUT2D eigenvalue weighted by Crippen LogP contribution is -2.30. The molecular weight excluding hydrogens is 717 g/mol. The zero-order chi connectivity index (χ0) is 42.1. The van der Waals surface area contributed by atoms with Crippen molar-refractivity contribution in [2.24, 2.45) is 0 Å². The van der Waals surface area contributed by atoms with Gasteiger partial charge in [0.15, 0.2) is 6.10 Å². The fourth-order valence-electron chi connectivity index (χ4n) is 6.14. The maximum Gasteiger partial charge on any atom is 0.306 e. The van der Waals surface area contributed by atoms with Gasteiger partial charge in [0.2, 0.25) is 0 Å². The second-order valence-electron chi connectivity index (χ2n) is 15.3. The fraction of sp³-hybridized carbons (Fsp3) is 0.660. The first-order valence-electron chi connectivity index (χ1n) is 23.8. The summed E-state index contributed by atoms with van der Waals surface area (Å²) < 4.78 is 17.3. The van der Waals surface area contributed by atoms with Gasteiger partial charge in [0.05, 0.1) is 6.61 Å². The molecule has 1 atom stereocenters. The Morgan fingerprint density at radius 3 is 1.24 bits per heavy atom. The third kappa shape index (κ3) is 45.5. The molecule has 330 valence electrons. The van der Waals surface area contributed by atoms with Crippen LogP contribution in [0.25, 0.3) is 0 Å². The molecule has 0 saturated heterocycles. The van der Waals surface area contributed by atoms with Gasteiger partial charge in [-0.15, -0.1) is 0 Å². The summed E-state index contributed by atoms with van der Waals surface area (Å²) >= 11 is 0. The molecule has 0 rings (SSSR count). The van der Waals surface area contributed by atoms with E-state index in [1.54, 1.807) is 0 Å². The topological polar surface area (TPSA) is 61.8 Å². The summed E-state index contributed by atoms with van der Waals surface area (Å²) in [6.45, 7) is 7.48. The van der Waals surface area contributed by atoms with E-state index in [0.29, 0.717) is 19.4 Å². The summed E-state index contributed by atoms with van der Waals surface area (Å²) in [5.41, 5.74) is 0. The van der Waals surface area contributed by atoms with Crippen molar-refractivity contribution in [1.82, 2.24) is 0 Å². The Morgan fingerprint density at radius 1 is 0.397 bits per heavy atom. The Morgan fingerprint density at radius 2 is 0.776 bits per heavy atom. The van der Waals surface area contributed by atoms with E-state index in [2.05, 4.69) is 118 Å². The van der Waals surface area contributed by atoms with Gasteiger partial charge >= 0.3 is 11.9 Å². The minimum atomic E-state index is -0.557. The third-order valence-electron chi connectivity index (χ3n) is 9.62. The first kappa shape index (κ1) is 54.8. The highest BCUT2D eigenvalue weighted by Crippen LogP contribution is 2.12. The highest BCUT2D eigenvalue weighted by atomic mass is 16.6. The predicted octanol–water partition coefficient (Wildman–Crippen LogP) is 15.9. The van der Waals surface area contributed by atoms with Crippen molar-refractivity contribution in [2.75, 3.05) is 19.8 Å². The van der Waals surface area contributed by atoms with E-state index in [1.807, 2.05) is 0 Å². The number of ether oxygens (including phenoxy) is 3. The van der Waals surface area contributed by atoms with Crippen LogP contribution in [0.2, 0.25) is 0 Å². The molecule has 0 aromatic heterocycles. The van der Waals surface area contributed by atoms with E-state index in [-0.39, 0.29) is 25.2 Å². The first-order valence-corrected chi connectivity index (χ1v) is 23.8. The standard InChI is InChI=1S/C53H88O5/c1-4-7-10-13-16-18-20-22-24-26-28-30-32-34-36-39-42-45-48-56-49-51(58-53(55)47-44-41-37-15-12-9-6-3)50-57-52(54)46-43-40-38-35-33-31-29-27-25-23-21-19-17-14-11-8-5-2/h7-8,10-11,16-19,22-25,28-31,51H,4-6,9,12-15,20-21,26-27,32-50H2,1-3H3/b10-7-,11-8-,18-16-,19-17-,24-22-,25-23-,30-28-,31-29-. The number of hydrogen-bond acceptors (Lipinski definition) is 5. The van der Waals surface area contributed by atoms with Crippen molar-refractivity contribution in [3.05, 3.63) is 97.2 Å². The second kappa shape index (κ2) is 48.2. The smallest absolute Gasteiger partial charge is 0.306 e. The Labute approximate surface area is 358 Å². The number of esters is 2. The second-order valence-corrected chi connectivity index (χ2v) is 15.3. The third-order valence-corrected chi connectivity index (χ3v) is 9.62. The summed E-state index contributed by atoms with van der Waals surface area (Å²) in [4.78, 5) is 25.2. The van der Waals surface area contributed by atoms with Crippen LogP contribution < -0.4 is 0 Å². The van der Waals surface area contributed by atoms with Crippen LogP contribution in [0.1, 0.15) is 201 Å². The average Bonchev–Trinajstić information content (AvgIpc) is 3.22. The van der Waals surface area contributed by atoms with Gasteiger partial charge in [-0.05, 0) is 96.3 Å². The molecular formula is C53H88O5. The molecule has 1 unspecified atom stereocenters. The van der Waals surface area contributed by atoms with Crippen molar-refractivity contribution in [2.45, 2.75) is 207 Å². The Balaban J connectivity index is 4.24. The van der Waals surface area contributed by atoms with Crippen molar-refractivity contribution in [1.29, 1.82) is 0 Å². The van der Waals surface area contributed by atoms with E-state index in [4.69, 9.17) is 14.2 Å². The van der Waals surface area contributed by atoms with Gasteiger partial charge in [-0.3, -0.25) is 9.59 Å². The van der Waals surface area contributed by atoms with Crippen LogP contribution in [0.3, 0.4) is 0 Å². The van der Waals surface area contributed by atoms with Gasteiger partial charge in [0.25, 0.3) is 0 Å². The molecule has 58 heavy (non-hydrogen) atoms. The zero-order valence-corrected chi connectivity index (χ0v) is 37.8. The van der Waals surface area contributed by atoms with Crippen LogP contribution in [0.15, 0.2) is 97.2 Å². The van der Waals surface area contributed by atoms with Crippen molar-refractivity contribution in [3.63, 3.8) is 0 Å². The number of hydrogen-bond donors (Lipinski definition) is 0. The van der Waals surface area contributed by atoms with Gasteiger partial charge in [0.1, 0.15) is 6.61 Å².